The molecule has 0 aliphatic carbocycles. The molecule has 0 amide bonds. The van der Waals surface area contributed by atoms with Crippen molar-refractivity contribution in [3.05, 3.63) is 86.0 Å². The van der Waals surface area contributed by atoms with Crippen LogP contribution in [0.5, 0.6) is 5.75 Å². The highest BCUT2D eigenvalue weighted by Crippen LogP contribution is 2.49. The quantitative estimate of drug-likeness (QED) is 0.0955. The first kappa shape index (κ1) is 30.9. The number of hydrogen-bond donors (Lipinski definition) is 3. The van der Waals surface area contributed by atoms with Crippen LogP contribution < -0.4 is 20.9 Å². The van der Waals surface area contributed by atoms with Crippen LogP contribution in [0.25, 0.3) is 21.2 Å². The van der Waals surface area contributed by atoms with Crippen molar-refractivity contribution >= 4 is 24.5 Å². The van der Waals surface area contributed by atoms with Crippen LogP contribution in [-0.2, 0) is 23.4 Å². The molecule has 3 N–H and O–H groups in total. The number of nitrogens with one attached hydrogen (secondary N) is 2. The molecule has 1 aromatic heterocycles. The molecule has 0 radical (unpaired) electrons. The highest BCUT2D eigenvalue weighted by molar-refractivity contribution is 7.52. The fourth-order valence-electron chi connectivity index (χ4n) is 4.19. The van der Waals surface area contributed by atoms with Crippen molar-refractivity contribution in [2.75, 3.05) is 6.61 Å². The van der Waals surface area contributed by atoms with E-state index in [1.54, 1.807) is 50.2 Å². The third-order valence-electron chi connectivity index (χ3n) is 6.17. The van der Waals surface area contributed by atoms with E-state index in [2.05, 4.69) is 15.1 Å². The maximum absolute atomic E-state index is 15.3. The average molecular weight is 607 g/mol. The van der Waals surface area contributed by atoms with Crippen LogP contribution in [-0.4, -0.2) is 57.4 Å². The first-order valence-electron chi connectivity index (χ1n) is 12.7. The lowest BCUT2D eigenvalue weighted by Gasteiger charge is -2.29. The highest BCUT2D eigenvalue weighted by Gasteiger charge is 2.57. The van der Waals surface area contributed by atoms with Crippen molar-refractivity contribution in [1.29, 1.82) is 0 Å². The number of aliphatic hydroxyl groups excluding tert-OH is 1. The van der Waals surface area contributed by atoms with Gasteiger partial charge in [-0.15, -0.1) is 0 Å². The minimum atomic E-state index is -4.64. The van der Waals surface area contributed by atoms with Gasteiger partial charge in [-0.1, -0.05) is 41.5 Å². The molecule has 3 aromatic rings. The molecule has 1 saturated heterocycles. The molecule has 1 fully saturated rings. The summed E-state index contributed by atoms with van der Waals surface area (Å²) < 4.78 is 52.1. The number of esters is 1. The van der Waals surface area contributed by atoms with E-state index >= 15 is 4.39 Å². The number of nitrogens with zero attached hydrogens (tertiary/aromatic N) is 4. The van der Waals surface area contributed by atoms with Gasteiger partial charge in [-0.25, -0.2) is 13.8 Å². The normalized spacial score (nSPS) is 24.1. The molecule has 2 heterocycles. The minimum Gasteiger partial charge on any atom is -0.462 e. The predicted octanol–water partition coefficient (Wildman–Crippen LogP) is 3.06. The predicted molar refractivity (Wildman–Crippen MR) is 146 cm³/mol. The SMILES string of the molecule is CC(C)OC(=O)[C@H](C)NP(=O)(OC[C@@]1(N=[N+]=[N-])O[C@@H](n2ccc(=O)[nH]c2=O)[C@H](F)[C@@H]1O)Oc1cccc2ccccc12. The Morgan fingerprint density at radius 2 is 1.98 bits per heavy atom. The number of carbonyl (C=O) groups excluding carboxylic acids is 1. The molecule has 1 aliphatic rings. The van der Waals surface area contributed by atoms with Crippen molar-refractivity contribution in [2.24, 2.45) is 5.11 Å². The van der Waals surface area contributed by atoms with Crippen LogP contribution >= 0.6 is 7.75 Å². The molecule has 17 heteroatoms. The zero-order valence-electron chi connectivity index (χ0n) is 22.6. The summed E-state index contributed by atoms with van der Waals surface area (Å²) in [5.41, 5.74) is 4.83. The van der Waals surface area contributed by atoms with Crippen LogP contribution in [0, 0.1) is 0 Å². The topological polar surface area (TPSA) is 207 Å². The Labute approximate surface area is 237 Å². The minimum absolute atomic E-state index is 0.0834. The summed E-state index contributed by atoms with van der Waals surface area (Å²) in [6.07, 6.45) is -6.03. The van der Waals surface area contributed by atoms with Crippen molar-refractivity contribution in [3.63, 3.8) is 0 Å². The van der Waals surface area contributed by atoms with Gasteiger partial charge in [0.2, 0.25) is 5.72 Å². The number of azide groups is 1. The van der Waals surface area contributed by atoms with E-state index in [1.165, 1.54) is 13.0 Å². The maximum atomic E-state index is 15.3. The summed E-state index contributed by atoms with van der Waals surface area (Å²) in [6, 6.07) is 11.5. The van der Waals surface area contributed by atoms with Crippen molar-refractivity contribution in [2.45, 2.75) is 57.1 Å². The molecule has 224 valence electrons. The second-order valence-electron chi connectivity index (χ2n) is 9.63. The molecule has 2 aromatic carbocycles. The number of ether oxygens (including phenoxy) is 2. The number of carbonyl (C=O) groups is 1. The Bertz CT molecular complexity index is 1670. The van der Waals surface area contributed by atoms with Gasteiger partial charge in [0.1, 0.15) is 17.9 Å². The molecule has 42 heavy (non-hydrogen) atoms. The van der Waals surface area contributed by atoms with E-state index in [0.29, 0.717) is 9.95 Å². The van der Waals surface area contributed by atoms with E-state index < -0.39 is 67.9 Å². The fourth-order valence-corrected chi connectivity index (χ4v) is 5.72. The number of aromatic amines is 1. The van der Waals surface area contributed by atoms with Gasteiger partial charge in [0, 0.05) is 22.6 Å². The standard InChI is InChI=1S/C25H28FN6O9P/c1-14(2)39-23(35)15(3)29-42(37,41-18-10-6-8-16-7-4-5-9-17(16)18)38-13-25(30-31-27)21(34)20(26)22(40-25)32-12-11-19(33)28-24(32)36/h4-12,14-15,20-22,34H,13H2,1-3H3,(H,29,37)(H,28,33,36)/t15-,20+,21-,22+,25+,42?/m0/s1. The first-order chi connectivity index (χ1) is 19.9. The number of halogens is 1. The summed E-state index contributed by atoms with van der Waals surface area (Å²) in [6.45, 7) is 3.52. The summed E-state index contributed by atoms with van der Waals surface area (Å²) >= 11 is 0. The number of fused-ring (bicyclic) bond motifs is 1. The number of alkyl halides is 1. The van der Waals surface area contributed by atoms with Gasteiger partial charge in [-0.3, -0.25) is 23.7 Å². The van der Waals surface area contributed by atoms with E-state index in [9.17, 15) is 29.6 Å². The number of aliphatic hydroxyl groups is 1. The molecular formula is C25H28FN6O9P. The second-order valence-corrected chi connectivity index (χ2v) is 11.3. The summed E-state index contributed by atoms with van der Waals surface area (Å²) in [5, 5.41) is 17.9. The van der Waals surface area contributed by atoms with Gasteiger partial charge in [0.15, 0.2) is 12.4 Å². The lowest BCUT2D eigenvalue weighted by molar-refractivity contribution is -0.149. The van der Waals surface area contributed by atoms with E-state index in [1.807, 2.05) is 4.98 Å². The second kappa shape index (κ2) is 12.4. The van der Waals surface area contributed by atoms with Gasteiger partial charge in [-0.05, 0) is 37.8 Å². The van der Waals surface area contributed by atoms with Gasteiger partial charge in [0.05, 0.1) is 12.7 Å². The van der Waals surface area contributed by atoms with Gasteiger partial charge < -0.3 is 19.1 Å². The Morgan fingerprint density at radius 1 is 1.26 bits per heavy atom. The number of aromatic nitrogens is 2. The van der Waals surface area contributed by atoms with Gasteiger partial charge in [0.25, 0.3) is 5.56 Å². The lowest BCUT2D eigenvalue weighted by Crippen LogP contribution is -2.45. The number of rotatable bonds is 11. The molecule has 1 unspecified atom stereocenters. The van der Waals surface area contributed by atoms with Crippen LogP contribution in [0.15, 0.2) is 69.4 Å². The van der Waals surface area contributed by atoms with Crippen LogP contribution in [0.4, 0.5) is 4.39 Å². The molecule has 0 spiro atoms. The third kappa shape index (κ3) is 6.54. The molecule has 0 saturated carbocycles. The largest absolute Gasteiger partial charge is 0.462 e. The van der Waals surface area contributed by atoms with Crippen LogP contribution in [0.3, 0.4) is 0 Å². The zero-order chi connectivity index (χ0) is 30.7. The summed E-state index contributed by atoms with van der Waals surface area (Å²) in [5.74, 6) is -0.710. The number of hydrogen-bond acceptors (Lipinski definition) is 10. The Hall–Kier alpha value is -4.04. The molecule has 1 aliphatic heterocycles. The average Bonchev–Trinajstić information content (AvgIpc) is 3.17. The van der Waals surface area contributed by atoms with Crippen LogP contribution in [0.2, 0.25) is 0 Å². The van der Waals surface area contributed by atoms with Gasteiger partial charge >= 0.3 is 19.4 Å². The molecule has 0 bridgehead atoms. The van der Waals surface area contributed by atoms with E-state index in [-0.39, 0.29) is 5.75 Å². The smallest absolute Gasteiger partial charge is 0.459 e. The van der Waals surface area contributed by atoms with E-state index in [0.717, 1.165) is 17.6 Å². The Morgan fingerprint density at radius 3 is 2.67 bits per heavy atom. The zero-order valence-corrected chi connectivity index (χ0v) is 23.5. The monoisotopic (exact) mass is 606 g/mol. The van der Waals surface area contributed by atoms with E-state index in [4.69, 9.17) is 18.5 Å². The maximum Gasteiger partial charge on any atom is 0.459 e. The first-order valence-corrected chi connectivity index (χ1v) is 14.2. The molecule has 6 atom stereocenters. The molecule has 15 nitrogen and oxygen atoms in total. The summed E-state index contributed by atoms with van der Waals surface area (Å²) in [4.78, 5) is 40.8. The lowest BCUT2D eigenvalue weighted by atomic mass is 10.1. The van der Waals surface area contributed by atoms with Crippen molar-refractivity contribution in [3.8, 4) is 5.75 Å². The Kier molecular flexibility index (Phi) is 9.16. The third-order valence-corrected chi connectivity index (χ3v) is 7.78. The van der Waals surface area contributed by atoms with Crippen LogP contribution in [0.1, 0.15) is 27.0 Å². The Balaban J connectivity index is 1.68. The summed E-state index contributed by atoms with van der Waals surface area (Å²) in [7, 11) is -4.64. The number of H-pyrrole nitrogens is 1. The number of benzene rings is 2. The highest BCUT2D eigenvalue weighted by atomic mass is 31.2. The van der Waals surface area contributed by atoms with Crippen molar-refractivity contribution < 1.29 is 37.4 Å². The van der Waals surface area contributed by atoms with Crippen molar-refractivity contribution in [1.82, 2.24) is 14.6 Å². The molecular weight excluding hydrogens is 578 g/mol. The molecule has 4 rings (SSSR count). The van der Waals surface area contributed by atoms with Gasteiger partial charge in [-0.2, -0.15) is 5.09 Å². The fraction of sp³-hybridized carbons (Fsp3) is 0.400.